The van der Waals surface area contributed by atoms with Gasteiger partial charge < -0.3 is 5.43 Å². The number of nitrogens with zero attached hydrogens (tertiary/aromatic N) is 1. The van der Waals surface area contributed by atoms with Gasteiger partial charge in [-0.05, 0) is 12.5 Å². The molecule has 0 aliphatic rings. The summed E-state index contributed by atoms with van der Waals surface area (Å²) < 4.78 is 26.1. The predicted octanol–water partition coefficient (Wildman–Crippen LogP) is 0.569. The number of nitro benzene ring substituents is 1. The quantitative estimate of drug-likeness (QED) is 0.395. The zero-order valence-electron chi connectivity index (χ0n) is 9.71. The molecular weight excluding hydrogens is 260 g/mol. The molecule has 4 N–H and O–H groups in total. The fourth-order valence-corrected chi connectivity index (χ4v) is 2.58. The van der Waals surface area contributed by atoms with Gasteiger partial charge in [0.15, 0.2) is 0 Å². The monoisotopic (exact) mass is 274 g/mol. The highest BCUT2D eigenvalue weighted by Gasteiger charge is 2.20. The highest BCUT2D eigenvalue weighted by molar-refractivity contribution is 7.89. The standard InChI is InChI=1S/C9H14N4O4S/c1-2-5-11-18(16,17)9-4-3-7(13(14)15)6-8(9)12-10/h3-4,6,11-12H,2,5,10H2,1H3. The van der Waals surface area contributed by atoms with Gasteiger partial charge in [0.05, 0.1) is 10.6 Å². The molecule has 0 amide bonds. The highest BCUT2D eigenvalue weighted by atomic mass is 32.2. The number of nitrogens with one attached hydrogen (secondary N) is 2. The van der Waals surface area contributed by atoms with Crippen LogP contribution in [-0.2, 0) is 10.0 Å². The number of nitro groups is 1. The fourth-order valence-electron chi connectivity index (χ4n) is 1.29. The SMILES string of the molecule is CCCNS(=O)(=O)c1ccc([N+](=O)[O-])cc1NN. The van der Waals surface area contributed by atoms with Crippen LogP contribution in [0.3, 0.4) is 0 Å². The van der Waals surface area contributed by atoms with Crippen LogP contribution in [-0.4, -0.2) is 19.9 Å². The number of nitrogen functional groups attached to an aromatic ring is 1. The van der Waals surface area contributed by atoms with Gasteiger partial charge in [-0.15, -0.1) is 0 Å². The molecule has 1 aromatic rings. The Morgan fingerprint density at radius 2 is 2.11 bits per heavy atom. The summed E-state index contributed by atoms with van der Waals surface area (Å²) in [6, 6.07) is 3.33. The van der Waals surface area contributed by atoms with E-state index in [1.54, 1.807) is 0 Å². The Labute approximate surface area is 104 Å². The molecule has 0 atom stereocenters. The van der Waals surface area contributed by atoms with Gasteiger partial charge in [0.25, 0.3) is 5.69 Å². The Morgan fingerprint density at radius 1 is 1.44 bits per heavy atom. The second-order valence-corrected chi connectivity index (χ2v) is 5.22. The summed E-state index contributed by atoms with van der Waals surface area (Å²) in [5, 5.41) is 10.6. The average molecular weight is 274 g/mol. The van der Waals surface area contributed by atoms with Crippen molar-refractivity contribution < 1.29 is 13.3 Å². The summed E-state index contributed by atoms with van der Waals surface area (Å²) in [6.07, 6.45) is 0.637. The Hall–Kier alpha value is -1.71. The first-order valence-electron chi connectivity index (χ1n) is 5.17. The van der Waals surface area contributed by atoms with E-state index in [1.807, 2.05) is 6.92 Å². The fraction of sp³-hybridized carbons (Fsp3) is 0.333. The summed E-state index contributed by atoms with van der Waals surface area (Å²) in [7, 11) is -3.72. The van der Waals surface area contributed by atoms with Crippen LogP contribution in [0.5, 0.6) is 0 Å². The molecule has 100 valence electrons. The summed E-state index contributed by atoms with van der Waals surface area (Å²) in [5.74, 6) is 5.18. The number of hydrogen-bond donors (Lipinski definition) is 3. The predicted molar refractivity (Wildman–Crippen MR) is 66.4 cm³/mol. The van der Waals surface area contributed by atoms with E-state index in [4.69, 9.17) is 5.84 Å². The number of nitrogens with two attached hydrogens (primary N) is 1. The summed E-state index contributed by atoms with van der Waals surface area (Å²) in [6.45, 7) is 2.10. The van der Waals surface area contributed by atoms with Gasteiger partial charge in [-0.2, -0.15) is 0 Å². The maximum absolute atomic E-state index is 11.9. The number of benzene rings is 1. The molecular formula is C9H14N4O4S. The molecule has 0 aliphatic carbocycles. The number of non-ortho nitro benzene ring substituents is 1. The van der Waals surface area contributed by atoms with Gasteiger partial charge in [0, 0.05) is 18.7 Å². The first-order chi connectivity index (χ1) is 8.42. The molecule has 0 heterocycles. The third-order valence-electron chi connectivity index (χ3n) is 2.16. The summed E-state index contributed by atoms with van der Waals surface area (Å²) in [5.41, 5.74) is 1.89. The van der Waals surface area contributed by atoms with Crippen LogP contribution in [0.1, 0.15) is 13.3 Å². The van der Waals surface area contributed by atoms with Crippen molar-refractivity contribution in [2.24, 2.45) is 5.84 Å². The second kappa shape index (κ2) is 5.76. The van der Waals surface area contributed by atoms with E-state index in [9.17, 15) is 18.5 Å². The number of hydrogen-bond acceptors (Lipinski definition) is 6. The highest BCUT2D eigenvalue weighted by Crippen LogP contribution is 2.25. The Balaban J connectivity index is 3.21. The van der Waals surface area contributed by atoms with Crippen LogP contribution < -0.4 is 16.0 Å². The molecule has 0 saturated heterocycles. The molecule has 0 aliphatic heterocycles. The van der Waals surface area contributed by atoms with Gasteiger partial charge in [0.1, 0.15) is 4.90 Å². The topological polar surface area (TPSA) is 127 Å². The minimum Gasteiger partial charge on any atom is -0.323 e. The lowest BCUT2D eigenvalue weighted by Crippen LogP contribution is -2.26. The zero-order valence-corrected chi connectivity index (χ0v) is 10.5. The third-order valence-corrected chi connectivity index (χ3v) is 3.68. The van der Waals surface area contributed by atoms with Crippen LogP contribution in [0.15, 0.2) is 23.1 Å². The lowest BCUT2D eigenvalue weighted by molar-refractivity contribution is -0.384. The first kappa shape index (κ1) is 14.4. The van der Waals surface area contributed by atoms with Crippen molar-refractivity contribution in [2.45, 2.75) is 18.2 Å². The van der Waals surface area contributed by atoms with Gasteiger partial charge in [0.2, 0.25) is 10.0 Å². The van der Waals surface area contributed by atoms with E-state index in [1.165, 1.54) is 0 Å². The molecule has 18 heavy (non-hydrogen) atoms. The lowest BCUT2D eigenvalue weighted by Gasteiger charge is -2.10. The van der Waals surface area contributed by atoms with Crippen molar-refractivity contribution >= 4 is 21.4 Å². The largest absolute Gasteiger partial charge is 0.323 e. The molecule has 0 spiro atoms. The van der Waals surface area contributed by atoms with Crippen LogP contribution in [0.2, 0.25) is 0 Å². The van der Waals surface area contributed by atoms with Crippen LogP contribution in [0, 0.1) is 10.1 Å². The number of hydrazine groups is 1. The van der Waals surface area contributed by atoms with Crippen molar-refractivity contribution in [3.05, 3.63) is 28.3 Å². The molecule has 8 nitrogen and oxygen atoms in total. The van der Waals surface area contributed by atoms with Gasteiger partial charge >= 0.3 is 0 Å². The molecule has 0 radical (unpaired) electrons. The van der Waals surface area contributed by atoms with Crippen molar-refractivity contribution in [3.8, 4) is 0 Å². The number of sulfonamides is 1. The lowest BCUT2D eigenvalue weighted by atomic mass is 10.3. The molecule has 0 unspecified atom stereocenters. The van der Waals surface area contributed by atoms with Crippen LogP contribution in [0.4, 0.5) is 11.4 Å². The Kier molecular flexibility index (Phi) is 4.59. The van der Waals surface area contributed by atoms with Crippen molar-refractivity contribution in [1.82, 2.24) is 4.72 Å². The van der Waals surface area contributed by atoms with Crippen LogP contribution in [0.25, 0.3) is 0 Å². The molecule has 0 aromatic heterocycles. The minimum atomic E-state index is -3.72. The Bertz CT molecular complexity index is 543. The van der Waals surface area contributed by atoms with Gasteiger partial charge in [-0.25, -0.2) is 13.1 Å². The van der Waals surface area contributed by atoms with Crippen molar-refractivity contribution in [3.63, 3.8) is 0 Å². The van der Waals surface area contributed by atoms with E-state index in [-0.39, 0.29) is 22.8 Å². The van der Waals surface area contributed by atoms with E-state index in [2.05, 4.69) is 10.1 Å². The minimum absolute atomic E-state index is 0.0206. The zero-order chi connectivity index (χ0) is 13.8. The molecule has 9 heteroatoms. The maximum atomic E-state index is 11.9. The van der Waals surface area contributed by atoms with Gasteiger partial charge in [-0.1, -0.05) is 6.92 Å². The van der Waals surface area contributed by atoms with Crippen molar-refractivity contribution in [1.29, 1.82) is 0 Å². The third kappa shape index (κ3) is 3.15. The molecule has 1 rings (SSSR count). The number of rotatable bonds is 6. The molecule has 0 saturated carbocycles. The average Bonchev–Trinajstić information content (AvgIpc) is 2.35. The normalized spacial score (nSPS) is 11.2. The smallest absolute Gasteiger partial charge is 0.271 e. The first-order valence-corrected chi connectivity index (χ1v) is 6.65. The van der Waals surface area contributed by atoms with E-state index >= 15 is 0 Å². The van der Waals surface area contributed by atoms with E-state index in [0.29, 0.717) is 6.42 Å². The molecule has 0 fully saturated rings. The maximum Gasteiger partial charge on any atom is 0.271 e. The van der Waals surface area contributed by atoms with Gasteiger partial charge in [-0.3, -0.25) is 16.0 Å². The van der Waals surface area contributed by atoms with E-state index < -0.39 is 14.9 Å². The molecule has 0 bridgehead atoms. The van der Waals surface area contributed by atoms with Crippen molar-refractivity contribution in [2.75, 3.05) is 12.0 Å². The number of anilines is 1. The summed E-state index contributed by atoms with van der Waals surface area (Å²) in [4.78, 5) is 9.82. The van der Waals surface area contributed by atoms with E-state index in [0.717, 1.165) is 18.2 Å². The second-order valence-electron chi connectivity index (χ2n) is 3.48. The Morgan fingerprint density at radius 3 is 2.61 bits per heavy atom. The summed E-state index contributed by atoms with van der Waals surface area (Å²) >= 11 is 0. The molecule has 1 aromatic carbocycles. The van der Waals surface area contributed by atoms with Crippen LogP contribution >= 0.6 is 0 Å².